The third-order valence-electron chi connectivity index (χ3n) is 5.88. The van der Waals surface area contributed by atoms with Crippen LogP contribution in [-0.4, -0.2) is 61.3 Å². The summed E-state index contributed by atoms with van der Waals surface area (Å²) in [7, 11) is 3.52. The maximum atomic E-state index is 5.34. The maximum Gasteiger partial charge on any atom is 0.226 e. The number of aromatic nitrogens is 2. The zero-order valence-corrected chi connectivity index (χ0v) is 22.7. The van der Waals surface area contributed by atoms with Crippen LogP contribution >= 0.6 is 24.0 Å². The lowest BCUT2D eigenvalue weighted by atomic mass is 10.0. The van der Waals surface area contributed by atoms with Crippen molar-refractivity contribution in [3.8, 4) is 5.75 Å². The fourth-order valence-electron chi connectivity index (χ4n) is 3.98. The Morgan fingerprint density at radius 2 is 1.88 bits per heavy atom. The van der Waals surface area contributed by atoms with Crippen LogP contribution in [0.3, 0.4) is 0 Å². The number of nitrogens with zero attached hydrogens (tertiary/aromatic N) is 4. The SMILES string of the molecule is CN=C(NCCCc1nc(C(C)C)no1)NCC(c1ccc(OC)cc1)N1CCCCC1.I. The molecule has 0 amide bonds. The molecule has 1 aliphatic rings. The summed E-state index contributed by atoms with van der Waals surface area (Å²) in [4.78, 5) is 11.4. The highest BCUT2D eigenvalue weighted by Gasteiger charge is 2.22. The molecule has 2 N–H and O–H groups in total. The highest BCUT2D eigenvalue weighted by Crippen LogP contribution is 2.25. The number of likely N-dealkylation sites (tertiary alicyclic amines) is 1. The third kappa shape index (κ3) is 8.44. The Kier molecular flexibility index (Phi) is 11.9. The van der Waals surface area contributed by atoms with Crippen molar-refractivity contribution in [2.24, 2.45) is 4.99 Å². The van der Waals surface area contributed by atoms with Gasteiger partial charge in [0.05, 0.1) is 13.2 Å². The minimum absolute atomic E-state index is 0. The Balaban J connectivity index is 0.00000385. The van der Waals surface area contributed by atoms with E-state index in [-0.39, 0.29) is 29.9 Å². The highest BCUT2D eigenvalue weighted by molar-refractivity contribution is 14.0. The van der Waals surface area contributed by atoms with Gasteiger partial charge in [0.15, 0.2) is 11.8 Å². The molecular formula is C24H39IN6O2. The van der Waals surface area contributed by atoms with Gasteiger partial charge in [-0.3, -0.25) is 9.89 Å². The van der Waals surface area contributed by atoms with Crippen LogP contribution in [-0.2, 0) is 6.42 Å². The Labute approximate surface area is 215 Å². The number of piperidine rings is 1. The minimum atomic E-state index is 0. The molecule has 0 spiro atoms. The first kappa shape index (κ1) is 27.4. The largest absolute Gasteiger partial charge is 0.497 e. The average Bonchev–Trinajstić information content (AvgIpc) is 3.31. The lowest BCUT2D eigenvalue weighted by Crippen LogP contribution is -2.44. The van der Waals surface area contributed by atoms with Gasteiger partial charge in [-0.2, -0.15) is 4.98 Å². The first-order valence-electron chi connectivity index (χ1n) is 11.8. The molecule has 8 nitrogen and oxygen atoms in total. The van der Waals surface area contributed by atoms with E-state index >= 15 is 0 Å². The smallest absolute Gasteiger partial charge is 0.226 e. The van der Waals surface area contributed by atoms with Gasteiger partial charge in [-0.1, -0.05) is 37.6 Å². The van der Waals surface area contributed by atoms with E-state index in [9.17, 15) is 0 Å². The number of methoxy groups -OCH3 is 1. The van der Waals surface area contributed by atoms with E-state index in [1.165, 1.54) is 24.8 Å². The molecule has 1 unspecified atom stereocenters. The van der Waals surface area contributed by atoms with E-state index in [0.717, 1.165) is 56.6 Å². The third-order valence-corrected chi connectivity index (χ3v) is 5.88. The topological polar surface area (TPSA) is 87.8 Å². The number of hydrogen-bond acceptors (Lipinski definition) is 6. The van der Waals surface area contributed by atoms with Crippen molar-refractivity contribution in [3.05, 3.63) is 41.5 Å². The number of hydrogen-bond donors (Lipinski definition) is 2. The molecule has 0 saturated carbocycles. The molecule has 0 radical (unpaired) electrons. The number of ether oxygens (including phenoxy) is 1. The van der Waals surface area contributed by atoms with Gasteiger partial charge in [0.1, 0.15) is 5.75 Å². The van der Waals surface area contributed by atoms with Crippen molar-refractivity contribution in [1.29, 1.82) is 0 Å². The van der Waals surface area contributed by atoms with Crippen LogP contribution in [0.1, 0.15) is 68.8 Å². The van der Waals surface area contributed by atoms with Gasteiger partial charge in [0, 0.05) is 32.5 Å². The fourth-order valence-corrected chi connectivity index (χ4v) is 3.98. The van der Waals surface area contributed by atoms with Crippen molar-refractivity contribution in [2.75, 3.05) is 40.3 Å². The minimum Gasteiger partial charge on any atom is -0.497 e. The van der Waals surface area contributed by atoms with Crippen LogP contribution in [0.5, 0.6) is 5.75 Å². The monoisotopic (exact) mass is 570 g/mol. The first-order valence-corrected chi connectivity index (χ1v) is 11.8. The van der Waals surface area contributed by atoms with E-state index in [4.69, 9.17) is 9.26 Å². The summed E-state index contributed by atoms with van der Waals surface area (Å²) >= 11 is 0. The van der Waals surface area contributed by atoms with Crippen molar-refractivity contribution in [2.45, 2.75) is 57.9 Å². The molecule has 1 fully saturated rings. The van der Waals surface area contributed by atoms with Crippen molar-refractivity contribution in [1.82, 2.24) is 25.7 Å². The van der Waals surface area contributed by atoms with E-state index in [1.54, 1.807) is 7.11 Å². The number of nitrogens with one attached hydrogen (secondary N) is 2. The van der Waals surface area contributed by atoms with Gasteiger partial charge in [-0.25, -0.2) is 0 Å². The molecule has 2 aromatic rings. The molecule has 3 rings (SSSR count). The summed E-state index contributed by atoms with van der Waals surface area (Å²) in [6.45, 7) is 7.98. The molecule has 1 aromatic carbocycles. The summed E-state index contributed by atoms with van der Waals surface area (Å²) in [5.41, 5.74) is 1.30. The molecule has 9 heteroatoms. The summed E-state index contributed by atoms with van der Waals surface area (Å²) in [5, 5.41) is 11.0. The van der Waals surface area contributed by atoms with Crippen LogP contribution in [0.4, 0.5) is 0 Å². The van der Waals surface area contributed by atoms with Crippen LogP contribution < -0.4 is 15.4 Å². The number of aryl methyl sites for hydroxylation is 1. The highest BCUT2D eigenvalue weighted by atomic mass is 127. The molecule has 2 heterocycles. The van der Waals surface area contributed by atoms with Gasteiger partial charge < -0.3 is 19.9 Å². The molecule has 184 valence electrons. The van der Waals surface area contributed by atoms with Gasteiger partial charge >= 0.3 is 0 Å². The normalized spacial score (nSPS) is 15.7. The first-order chi connectivity index (χ1) is 15.6. The molecule has 1 atom stereocenters. The molecule has 0 bridgehead atoms. The maximum absolute atomic E-state index is 5.34. The van der Waals surface area contributed by atoms with Gasteiger partial charge in [0.25, 0.3) is 0 Å². The number of aliphatic imine (C=N–C) groups is 1. The average molecular weight is 571 g/mol. The molecule has 1 saturated heterocycles. The Hall–Kier alpha value is -1.88. The second kappa shape index (κ2) is 14.4. The van der Waals surface area contributed by atoms with Crippen LogP contribution in [0.15, 0.2) is 33.8 Å². The molecule has 1 aliphatic heterocycles. The van der Waals surface area contributed by atoms with Gasteiger partial charge in [-0.05, 0) is 50.0 Å². The van der Waals surface area contributed by atoms with Gasteiger partial charge in [-0.15, -0.1) is 24.0 Å². The summed E-state index contributed by atoms with van der Waals surface area (Å²) in [5.74, 6) is 3.45. The van der Waals surface area contributed by atoms with E-state index in [0.29, 0.717) is 11.9 Å². The fraction of sp³-hybridized carbons (Fsp3) is 0.625. The second-order valence-corrected chi connectivity index (χ2v) is 8.57. The standard InChI is InChI=1S/C24H38N6O2.HI/c1-18(2)23-28-22(32-29-23)9-8-14-26-24(25-3)27-17-21(30-15-6-5-7-16-30)19-10-12-20(31-4)13-11-19;/h10-13,18,21H,5-9,14-17H2,1-4H3,(H2,25,26,27);1H. The number of benzene rings is 1. The van der Waals surface area contributed by atoms with E-state index in [1.807, 2.05) is 19.2 Å². The number of rotatable bonds is 10. The van der Waals surface area contributed by atoms with Crippen LogP contribution in [0.2, 0.25) is 0 Å². The summed E-state index contributed by atoms with van der Waals surface area (Å²) in [6.07, 6.45) is 5.49. The molecule has 1 aromatic heterocycles. The van der Waals surface area contributed by atoms with E-state index in [2.05, 4.69) is 56.6 Å². The lowest BCUT2D eigenvalue weighted by molar-refractivity contribution is 0.164. The lowest BCUT2D eigenvalue weighted by Gasteiger charge is -2.35. The Morgan fingerprint density at radius 3 is 2.48 bits per heavy atom. The predicted molar refractivity (Wildman–Crippen MR) is 143 cm³/mol. The van der Waals surface area contributed by atoms with Crippen molar-refractivity contribution in [3.63, 3.8) is 0 Å². The van der Waals surface area contributed by atoms with Crippen LogP contribution in [0, 0.1) is 0 Å². The van der Waals surface area contributed by atoms with Crippen molar-refractivity contribution < 1.29 is 9.26 Å². The predicted octanol–water partition coefficient (Wildman–Crippen LogP) is 4.14. The number of halogens is 1. The Morgan fingerprint density at radius 1 is 1.15 bits per heavy atom. The van der Waals surface area contributed by atoms with Crippen molar-refractivity contribution >= 4 is 29.9 Å². The van der Waals surface area contributed by atoms with Gasteiger partial charge in [0.2, 0.25) is 5.89 Å². The molecule has 0 aliphatic carbocycles. The molecule has 33 heavy (non-hydrogen) atoms. The van der Waals surface area contributed by atoms with Crippen LogP contribution in [0.25, 0.3) is 0 Å². The quantitative estimate of drug-likeness (QED) is 0.192. The Bertz CT molecular complexity index is 834. The molecular weight excluding hydrogens is 531 g/mol. The summed E-state index contributed by atoms with van der Waals surface area (Å²) < 4.78 is 10.7. The zero-order chi connectivity index (χ0) is 22.8. The van der Waals surface area contributed by atoms with E-state index < -0.39 is 0 Å². The second-order valence-electron chi connectivity index (χ2n) is 8.57. The zero-order valence-electron chi connectivity index (χ0n) is 20.3. The summed E-state index contributed by atoms with van der Waals surface area (Å²) in [6, 6.07) is 8.73. The number of guanidine groups is 1.